The van der Waals surface area contributed by atoms with E-state index < -0.39 is 0 Å². The molecule has 1 aromatic heterocycles. The van der Waals surface area contributed by atoms with Gasteiger partial charge in [0.1, 0.15) is 6.07 Å². The number of aromatic nitrogens is 2. The first-order valence-electron chi connectivity index (χ1n) is 4.72. The van der Waals surface area contributed by atoms with Crippen LogP contribution in [0.2, 0.25) is 0 Å². The molecule has 0 saturated heterocycles. The molecular weight excluding hydrogens is 192 g/mol. The van der Waals surface area contributed by atoms with Crippen molar-refractivity contribution in [1.82, 2.24) is 14.9 Å². The van der Waals surface area contributed by atoms with Crippen LogP contribution in [0, 0.1) is 11.3 Å². The highest BCUT2D eigenvalue weighted by Gasteiger charge is 2.04. The van der Waals surface area contributed by atoms with Crippen LogP contribution in [0.25, 0.3) is 0 Å². The fourth-order valence-corrected chi connectivity index (χ4v) is 1.06. The van der Waals surface area contributed by atoms with E-state index in [2.05, 4.69) is 14.9 Å². The Kier molecular flexibility index (Phi) is 4.51. The number of nitriles is 1. The van der Waals surface area contributed by atoms with E-state index in [0.29, 0.717) is 12.5 Å². The Morgan fingerprint density at radius 2 is 2.13 bits per heavy atom. The van der Waals surface area contributed by atoms with Crippen molar-refractivity contribution in [3.63, 3.8) is 0 Å². The topological polar surface area (TPSA) is 62.0 Å². The Labute approximate surface area is 89.3 Å². The van der Waals surface area contributed by atoms with E-state index in [1.165, 1.54) is 12.4 Å². The molecule has 0 aromatic carbocycles. The van der Waals surface area contributed by atoms with E-state index in [4.69, 9.17) is 10.00 Å². The lowest BCUT2D eigenvalue weighted by Gasteiger charge is -2.09. The lowest BCUT2D eigenvalue weighted by Crippen LogP contribution is -2.16. The van der Waals surface area contributed by atoms with Crippen LogP contribution < -0.4 is 4.74 Å². The SMILES string of the molecule is CN(C)CCCOc1nccnc1C#N. The summed E-state index contributed by atoms with van der Waals surface area (Å²) in [5.41, 5.74) is 0.238. The van der Waals surface area contributed by atoms with Crippen LogP contribution in [-0.2, 0) is 0 Å². The third-order valence-corrected chi connectivity index (χ3v) is 1.76. The Morgan fingerprint density at radius 1 is 1.40 bits per heavy atom. The molecule has 15 heavy (non-hydrogen) atoms. The van der Waals surface area contributed by atoms with E-state index in [1.807, 2.05) is 20.2 Å². The average molecular weight is 206 g/mol. The predicted octanol–water partition coefficient (Wildman–Crippen LogP) is 0.679. The Bertz CT molecular complexity index is 346. The van der Waals surface area contributed by atoms with Crippen LogP contribution in [0.4, 0.5) is 0 Å². The smallest absolute Gasteiger partial charge is 0.251 e. The van der Waals surface area contributed by atoms with Gasteiger partial charge in [-0.15, -0.1) is 0 Å². The number of hydrogen-bond acceptors (Lipinski definition) is 5. The summed E-state index contributed by atoms with van der Waals surface area (Å²) in [6.45, 7) is 1.49. The predicted molar refractivity (Wildman–Crippen MR) is 55.4 cm³/mol. The van der Waals surface area contributed by atoms with Gasteiger partial charge in [0.25, 0.3) is 5.88 Å². The van der Waals surface area contributed by atoms with Crippen LogP contribution in [-0.4, -0.2) is 42.1 Å². The zero-order chi connectivity index (χ0) is 11.1. The first kappa shape index (κ1) is 11.4. The van der Waals surface area contributed by atoms with Gasteiger partial charge in [-0.1, -0.05) is 0 Å². The standard InChI is InChI=1S/C10H14N4O/c1-14(2)6-3-7-15-10-9(8-11)12-4-5-13-10/h4-5H,3,6-7H2,1-2H3. The summed E-state index contributed by atoms with van der Waals surface area (Å²) in [5.74, 6) is 0.318. The molecule has 0 aliphatic heterocycles. The van der Waals surface area contributed by atoms with Gasteiger partial charge in [-0.2, -0.15) is 5.26 Å². The summed E-state index contributed by atoms with van der Waals surface area (Å²) in [4.78, 5) is 9.87. The van der Waals surface area contributed by atoms with Crippen molar-refractivity contribution in [3.8, 4) is 11.9 Å². The maximum atomic E-state index is 8.72. The molecule has 0 unspecified atom stereocenters. The van der Waals surface area contributed by atoms with Gasteiger partial charge >= 0.3 is 0 Å². The number of ether oxygens (including phenoxy) is 1. The monoisotopic (exact) mass is 206 g/mol. The first-order valence-corrected chi connectivity index (χ1v) is 4.72. The second kappa shape index (κ2) is 5.94. The normalized spacial score (nSPS) is 10.0. The van der Waals surface area contributed by atoms with Crippen LogP contribution in [0.3, 0.4) is 0 Å². The molecule has 5 nitrogen and oxygen atoms in total. The Hall–Kier alpha value is -1.67. The average Bonchev–Trinajstić information content (AvgIpc) is 2.24. The van der Waals surface area contributed by atoms with E-state index in [-0.39, 0.29) is 5.69 Å². The zero-order valence-corrected chi connectivity index (χ0v) is 8.97. The lowest BCUT2D eigenvalue weighted by molar-refractivity contribution is 0.271. The zero-order valence-electron chi connectivity index (χ0n) is 8.97. The molecule has 0 amide bonds. The van der Waals surface area contributed by atoms with Gasteiger partial charge in [-0.05, 0) is 20.5 Å². The third kappa shape index (κ3) is 3.92. The van der Waals surface area contributed by atoms with Gasteiger partial charge in [0.15, 0.2) is 0 Å². The fraction of sp³-hybridized carbons (Fsp3) is 0.500. The van der Waals surface area contributed by atoms with Crippen molar-refractivity contribution < 1.29 is 4.74 Å². The molecule has 1 aromatic rings. The van der Waals surface area contributed by atoms with Crippen LogP contribution in [0.1, 0.15) is 12.1 Å². The minimum Gasteiger partial charge on any atom is -0.476 e. The third-order valence-electron chi connectivity index (χ3n) is 1.76. The highest BCUT2D eigenvalue weighted by atomic mass is 16.5. The van der Waals surface area contributed by atoms with Crippen molar-refractivity contribution in [1.29, 1.82) is 5.26 Å². The molecule has 1 rings (SSSR count). The van der Waals surface area contributed by atoms with E-state index >= 15 is 0 Å². The molecule has 5 heteroatoms. The van der Waals surface area contributed by atoms with E-state index in [1.54, 1.807) is 0 Å². The van der Waals surface area contributed by atoms with Crippen LogP contribution in [0.5, 0.6) is 5.88 Å². The van der Waals surface area contributed by atoms with Crippen molar-refractivity contribution in [2.24, 2.45) is 0 Å². The largest absolute Gasteiger partial charge is 0.476 e. The molecule has 0 aliphatic rings. The minimum absolute atomic E-state index is 0.238. The van der Waals surface area contributed by atoms with Gasteiger partial charge in [0.2, 0.25) is 5.69 Å². The second-order valence-corrected chi connectivity index (χ2v) is 3.33. The molecule has 1 heterocycles. The summed E-state index contributed by atoms with van der Waals surface area (Å²) < 4.78 is 5.36. The highest BCUT2D eigenvalue weighted by Crippen LogP contribution is 2.09. The van der Waals surface area contributed by atoms with E-state index in [9.17, 15) is 0 Å². The highest BCUT2D eigenvalue weighted by molar-refractivity contribution is 5.29. The molecular formula is C10H14N4O. The van der Waals surface area contributed by atoms with Crippen molar-refractivity contribution >= 4 is 0 Å². The summed E-state index contributed by atoms with van der Waals surface area (Å²) in [5, 5.41) is 8.72. The lowest BCUT2D eigenvalue weighted by atomic mass is 10.4. The molecule has 80 valence electrons. The summed E-state index contributed by atoms with van der Waals surface area (Å²) in [6, 6.07) is 1.94. The number of hydrogen-bond donors (Lipinski definition) is 0. The van der Waals surface area contributed by atoms with Crippen LogP contribution in [0.15, 0.2) is 12.4 Å². The maximum absolute atomic E-state index is 8.72. The van der Waals surface area contributed by atoms with Gasteiger partial charge < -0.3 is 9.64 Å². The van der Waals surface area contributed by atoms with Gasteiger partial charge in [-0.3, -0.25) is 0 Å². The molecule has 0 spiro atoms. The maximum Gasteiger partial charge on any atom is 0.251 e. The van der Waals surface area contributed by atoms with Gasteiger partial charge in [0, 0.05) is 18.9 Å². The molecule has 0 bridgehead atoms. The van der Waals surface area contributed by atoms with Crippen molar-refractivity contribution in [2.75, 3.05) is 27.2 Å². The van der Waals surface area contributed by atoms with Gasteiger partial charge in [0.05, 0.1) is 6.61 Å². The number of nitrogens with zero attached hydrogens (tertiary/aromatic N) is 4. The van der Waals surface area contributed by atoms with Crippen molar-refractivity contribution in [3.05, 3.63) is 18.1 Å². The van der Waals surface area contributed by atoms with Crippen LogP contribution >= 0.6 is 0 Å². The minimum atomic E-state index is 0.238. The summed E-state index contributed by atoms with van der Waals surface area (Å²) >= 11 is 0. The first-order chi connectivity index (χ1) is 7.24. The quantitative estimate of drug-likeness (QED) is 0.663. The molecule has 0 atom stereocenters. The molecule has 0 aliphatic carbocycles. The van der Waals surface area contributed by atoms with E-state index in [0.717, 1.165) is 13.0 Å². The second-order valence-electron chi connectivity index (χ2n) is 3.33. The number of rotatable bonds is 5. The molecule has 0 saturated carbocycles. The van der Waals surface area contributed by atoms with Gasteiger partial charge in [-0.25, -0.2) is 9.97 Å². The fourth-order valence-electron chi connectivity index (χ4n) is 1.06. The molecule has 0 N–H and O–H groups in total. The molecule has 0 radical (unpaired) electrons. The van der Waals surface area contributed by atoms with Crippen molar-refractivity contribution in [2.45, 2.75) is 6.42 Å². The Balaban J connectivity index is 2.41. The Morgan fingerprint density at radius 3 is 2.80 bits per heavy atom. The summed E-state index contributed by atoms with van der Waals surface area (Å²) in [7, 11) is 4.01. The molecule has 0 fully saturated rings. The summed E-state index contributed by atoms with van der Waals surface area (Å²) in [6.07, 6.45) is 3.89.